The summed E-state index contributed by atoms with van der Waals surface area (Å²) in [5.74, 6) is 1.06. The summed E-state index contributed by atoms with van der Waals surface area (Å²) in [6.07, 6.45) is 4.14. The Hall–Kier alpha value is -4.40. The number of aromatic nitrogens is 3. The van der Waals surface area contributed by atoms with Crippen LogP contribution >= 0.6 is 0 Å². The van der Waals surface area contributed by atoms with Crippen LogP contribution < -0.4 is 14.8 Å². The number of pyridine rings is 1. The standard InChI is InChI=1S/C27H25N5O4/c1-16-21(13-29-26(33)17-2-4-22-23(10-17)31-15-30-22)20-6-7-32(14-19(20)12-28-16)27(34)18-3-5-24-25(11-18)36-9-8-35-24/h2-5,10-12,15H,6-9,13-14H2,1H3,(H,29,33)(H,30,31). The molecule has 4 aromatic rings. The number of aromatic amines is 1. The van der Waals surface area contributed by atoms with Crippen LogP contribution in [0.15, 0.2) is 48.9 Å². The first-order chi connectivity index (χ1) is 17.6. The average molecular weight is 484 g/mol. The Labute approximate surface area is 207 Å². The van der Waals surface area contributed by atoms with Crippen molar-refractivity contribution in [1.82, 2.24) is 25.2 Å². The second-order valence-electron chi connectivity index (χ2n) is 8.98. The zero-order valence-electron chi connectivity index (χ0n) is 19.8. The highest BCUT2D eigenvalue weighted by Crippen LogP contribution is 2.32. The van der Waals surface area contributed by atoms with Gasteiger partial charge in [-0.05, 0) is 66.4 Å². The number of H-pyrrole nitrogens is 1. The van der Waals surface area contributed by atoms with Crippen LogP contribution in [0.3, 0.4) is 0 Å². The number of aryl methyl sites for hydroxylation is 1. The van der Waals surface area contributed by atoms with E-state index in [1.165, 1.54) is 0 Å². The predicted molar refractivity (Wildman–Crippen MR) is 132 cm³/mol. The van der Waals surface area contributed by atoms with Crippen molar-refractivity contribution in [3.8, 4) is 11.5 Å². The molecule has 0 bridgehead atoms. The van der Waals surface area contributed by atoms with Gasteiger partial charge in [0, 0.05) is 42.7 Å². The molecular weight excluding hydrogens is 458 g/mol. The molecule has 182 valence electrons. The van der Waals surface area contributed by atoms with E-state index in [9.17, 15) is 9.59 Å². The number of hydrogen-bond donors (Lipinski definition) is 2. The maximum atomic E-state index is 13.2. The van der Waals surface area contributed by atoms with Gasteiger partial charge in [0.05, 0.1) is 17.4 Å². The lowest BCUT2D eigenvalue weighted by Crippen LogP contribution is -2.37. The van der Waals surface area contributed by atoms with Crippen molar-refractivity contribution in [2.24, 2.45) is 0 Å². The number of benzene rings is 2. The van der Waals surface area contributed by atoms with Crippen molar-refractivity contribution in [3.05, 3.63) is 82.4 Å². The van der Waals surface area contributed by atoms with E-state index in [0.717, 1.165) is 33.4 Å². The third kappa shape index (κ3) is 4.02. The van der Waals surface area contributed by atoms with E-state index in [1.807, 2.05) is 24.1 Å². The van der Waals surface area contributed by atoms with Gasteiger partial charge in [0.15, 0.2) is 11.5 Å². The number of hydrogen-bond acceptors (Lipinski definition) is 6. The molecule has 2 aliphatic rings. The largest absolute Gasteiger partial charge is 0.486 e. The SMILES string of the molecule is Cc1ncc2c(c1CNC(=O)c1ccc3nc[nH]c3c1)CCN(C(=O)c1ccc3c(c1)OCCO3)C2. The van der Waals surface area contributed by atoms with E-state index in [2.05, 4.69) is 20.3 Å². The first-order valence-electron chi connectivity index (χ1n) is 11.9. The predicted octanol–water partition coefficient (Wildman–Crippen LogP) is 3.17. The maximum Gasteiger partial charge on any atom is 0.254 e. The zero-order valence-corrected chi connectivity index (χ0v) is 19.8. The Morgan fingerprint density at radius 3 is 2.78 bits per heavy atom. The molecule has 0 spiro atoms. The van der Waals surface area contributed by atoms with Gasteiger partial charge < -0.3 is 24.7 Å². The highest BCUT2D eigenvalue weighted by atomic mass is 16.6. The number of carbonyl (C=O) groups excluding carboxylic acids is 2. The molecule has 2 aromatic carbocycles. The van der Waals surface area contributed by atoms with Gasteiger partial charge in [-0.25, -0.2) is 4.98 Å². The van der Waals surface area contributed by atoms with Crippen molar-refractivity contribution in [2.45, 2.75) is 26.4 Å². The third-order valence-electron chi connectivity index (χ3n) is 6.78. The summed E-state index contributed by atoms with van der Waals surface area (Å²) in [6.45, 7) is 4.36. The van der Waals surface area contributed by atoms with Crippen molar-refractivity contribution < 1.29 is 19.1 Å². The number of nitrogens with one attached hydrogen (secondary N) is 2. The maximum absolute atomic E-state index is 13.2. The molecular formula is C27H25N5O4. The molecule has 36 heavy (non-hydrogen) atoms. The summed E-state index contributed by atoms with van der Waals surface area (Å²) in [6, 6.07) is 10.7. The second-order valence-corrected chi connectivity index (χ2v) is 8.98. The molecule has 2 amide bonds. The highest BCUT2D eigenvalue weighted by molar-refractivity contribution is 5.97. The topological polar surface area (TPSA) is 109 Å². The average Bonchev–Trinajstić information content (AvgIpc) is 3.39. The summed E-state index contributed by atoms with van der Waals surface area (Å²) in [7, 11) is 0. The Morgan fingerprint density at radius 1 is 1.06 bits per heavy atom. The van der Waals surface area contributed by atoms with E-state index in [4.69, 9.17) is 9.47 Å². The van der Waals surface area contributed by atoms with Gasteiger partial charge in [-0.2, -0.15) is 0 Å². The van der Waals surface area contributed by atoms with Crippen LogP contribution in [0, 0.1) is 6.92 Å². The lowest BCUT2D eigenvalue weighted by atomic mass is 9.94. The summed E-state index contributed by atoms with van der Waals surface area (Å²) in [5.41, 5.74) is 6.82. The Balaban J connectivity index is 1.17. The van der Waals surface area contributed by atoms with E-state index >= 15 is 0 Å². The van der Waals surface area contributed by atoms with Gasteiger partial charge >= 0.3 is 0 Å². The minimum absolute atomic E-state index is 0.0535. The molecule has 0 aliphatic carbocycles. The van der Waals surface area contributed by atoms with Gasteiger partial charge in [-0.3, -0.25) is 14.6 Å². The number of rotatable bonds is 4. The van der Waals surface area contributed by atoms with Gasteiger partial charge in [0.1, 0.15) is 13.2 Å². The molecule has 9 nitrogen and oxygen atoms in total. The van der Waals surface area contributed by atoms with Crippen LogP contribution in [0.25, 0.3) is 11.0 Å². The van der Waals surface area contributed by atoms with Gasteiger partial charge in [-0.15, -0.1) is 0 Å². The van der Waals surface area contributed by atoms with Crippen LogP contribution in [0.1, 0.15) is 43.1 Å². The highest BCUT2D eigenvalue weighted by Gasteiger charge is 2.26. The van der Waals surface area contributed by atoms with Gasteiger partial charge in [-0.1, -0.05) is 0 Å². The summed E-state index contributed by atoms with van der Waals surface area (Å²) >= 11 is 0. The van der Waals surface area contributed by atoms with Crippen LogP contribution in [0.5, 0.6) is 11.5 Å². The number of nitrogens with zero attached hydrogens (tertiary/aromatic N) is 3. The Morgan fingerprint density at radius 2 is 1.89 bits per heavy atom. The van der Waals surface area contributed by atoms with Crippen LogP contribution in [-0.2, 0) is 19.5 Å². The van der Waals surface area contributed by atoms with E-state index in [0.29, 0.717) is 61.9 Å². The van der Waals surface area contributed by atoms with Crippen LogP contribution in [0.2, 0.25) is 0 Å². The van der Waals surface area contributed by atoms with Crippen molar-refractivity contribution in [2.75, 3.05) is 19.8 Å². The van der Waals surface area contributed by atoms with Crippen LogP contribution in [0.4, 0.5) is 0 Å². The number of imidazole rings is 1. The smallest absolute Gasteiger partial charge is 0.254 e. The fraction of sp³-hybridized carbons (Fsp3) is 0.259. The normalized spacial score (nSPS) is 14.4. The van der Waals surface area contributed by atoms with Gasteiger partial charge in [0.2, 0.25) is 0 Å². The molecule has 2 N–H and O–H groups in total. The number of fused-ring (bicyclic) bond motifs is 3. The Kier molecular flexibility index (Phi) is 5.52. The van der Waals surface area contributed by atoms with Crippen molar-refractivity contribution in [1.29, 1.82) is 0 Å². The second kappa shape index (κ2) is 8.99. The molecule has 0 saturated carbocycles. The van der Waals surface area contributed by atoms with Crippen LogP contribution in [-0.4, -0.2) is 51.4 Å². The Bertz CT molecular complexity index is 1500. The molecule has 4 heterocycles. The molecule has 6 rings (SSSR count). The summed E-state index contributed by atoms with van der Waals surface area (Å²) < 4.78 is 11.2. The minimum atomic E-state index is -0.158. The number of carbonyl (C=O) groups is 2. The fourth-order valence-corrected chi connectivity index (χ4v) is 4.84. The monoisotopic (exact) mass is 483 g/mol. The van der Waals surface area contributed by atoms with E-state index < -0.39 is 0 Å². The first kappa shape index (κ1) is 22.1. The van der Waals surface area contributed by atoms with Gasteiger partial charge in [0.25, 0.3) is 11.8 Å². The molecule has 2 aliphatic heterocycles. The molecule has 9 heteroatoms. The molecule has 0 radical (unpaired) electrons. The van der Waals surface area contributed by atoms with Crippen molar-refractivity contribution in [3.63, 3.8) is 0 Å². The quantitative estimate of drug-likeness (QED) is 0.462. The minimum Gasteiger partial charge on any atom is -0.486 e. The lowest BCUT2D eigenvalue weighted by Gasteiger charge is -2.31. The van der Waals surface area contributed by atoms with E-state index in [1.54, 1.807) is 36.7 Å². The summed E-state index contributed by atoms with van der Waals surface area (Å²) in [4.78, 5) is 39.7. The molecule has 0 fully saturated rings. The first-order valence-corrected chi connectivity index (χ1v) is 11.9. The molecule has 0 saturated heterocycles. The van der Waals surface area contributed by atoms with E-state index in [-0.39, 0.29) is 11.8 Å². The zero-order chi connectivity index (χ0) is 24.6. The number of ether oxygens (including phenoxy) is 2. The lowest BCUT2D eigenvalue weighted by molar-refractivity contribution is 0.0733. The molecule has 2 aromatic heterocycles. The van der Waals surface area contributed by atoms with Crippen molar-refractivity contribution >= 4 is 22.8 Å². The third-order valence-corrected chi connectivity index (χ3v) is 6.78. The number of amides is 2. The molecule has 0 atom stereocenters. The molecule has 0 unspecified atom stereocenters. The fourth-order valence-electron chi connectivity index (χ4n) is 4.84. The summed E-state index contributed by atoms with van der Waals surface area (Å²) in [5, 5.41) is 3.03.